The van der Waals surface area contributed by atoms with Gasteiger partial charge in [-0.2, -0.15) is 5.10 Å². The van der Waals surface area contributed by atoms with Gasteiger partial charge >= 0.3 is 0 Å². The van der Waals surface area contributed by atoms with Crippen LogP contribution in [-0.4, -0.2) is 21.7 Å². The normalized spacial score (nSPS) is 21.0. The van der Waals surface area contributed by atoms with Crippen molar-refractivity contribution < 1.29 is 4.79 Å². The lowest BCUT2D eigenvalue weighted by Crippen LogP contribution is -2.24. The quantitative estimate of drug-likeness (QED) is 0.586. The number of nitrogens with zero attached hydrogens (tertiary/aromatic N) is 3. The summed E-state index contributed by atoms with van der Waals surface area (Å²) in [6.45, 7) is 11.1. The van der Waals surface area contributed by atoms with E-state index in [2.05, 4.69) is 57.9 Å². The number of rotatable bonds is 4. The predicted octanol–water partition coefficient (Wildman–Crippen LogP) is 5.49. The van der Waals surface area contributed by atoms with Crippen LogP contribution in [0.5, 0.6) is 0 Å². The largest absolute Gasteiger partial charge is 0.365 e. The zero-order valence-corrected chi connectivity index (χ0v) is 18.4. The van der Waals surface area contributed by atoms with E-state index in [1.54, 1.807) is 4.52 Å². The molecule has 2 N–H and O–H groups in total. The van der Waals surface area contributed by atoms with Crippen LogP contribution in [0, 0.1) is 31.1 Å². The van der Waals surface area contributed by atoms with Crippen LogP contribution in [0.4, 0.5) is 5.69 Å². The van der Waals surface area contributed by atoms with Crippen LogP contribution in [0.25, 0.3) is 16.6 Å². The van der Waals surface area contributed by atoms with Crippen LogP contribution in [0.15, 0.2) is 41.7 Å². The number of fused-ring (bicyclic) bond motifs is 1. The van der Waals surface area contributed by atoms with Gasteiger partial charge in [-0.05, 0) is 55.6 Å². The number of amides is 1. The van der Waals surface area contributed by atoms with Gasteiger partial charge in [0.05, 0.1) is 17.3 Å². The lowest BCUT2D eigenvalue weighted by Gasteiger charge is -2.28. The van der Waals surface area contributed by atoms with Crippen molar-refractivity contribution in [2.45, 2.75) is 47.5 Å². The van der Waals surface area contributed by atoms with E-state index in [9.17, 15) is 4.79 Å². The summed E-state index contributed by atoms with van der Waals surface area (Å²) in [5.41, 5.74) is 12.2. The molecular formula is C25H30N4O. The number of hydrogen-bond donors (Lipinski definition) is 1. The first-order valence-corrected chi connectivity index (χ1v) is 10.6. The Morgan fingerprint density at radius 2 is 1.87 bits per heavy atom. The summed E-state index contributed by atoms with van der Waals surface area (Å²) in [6, 6.07) is 8.51. The van der Waals surface area contributed by atoms with Crippen LogP contribution in [0.3, 0.4) is 0 Å². The number of carbonyl (C=O) groups excluding carboxylic acids is 1. The first-order chi connectivity index (χ1) is 14.2. The average molecular weight is 403 g/mol. The van der Waals surface area contributed by atoms with Crippen LogP contribution < -0.4 is 5.73 Å². The van der Waals surface area contributed by atoms with E-state index in [1.165, 1.54) is 23.7 Å². The molecule has 5 heteroatoms. The van der Waals surface area contributed by atoms with Crippen molar-refractivity contribution in [1.29, 1.82) is 0 Å². The van der Waals surface area contributed by atoms with Crippen molar-refractivity contribution in [3.05, 3.63) is 53.3 Å². The van der Waals surface area contributed by atoms with Gasteiger partial charge in [0.2, 0.25) is 0 Å². The van der Waals surface area contributed by atoms with Crippen LogP contribution >= 0.6 is 0 Å². The molecule has 0 spiro atoms. The zero-order chi connectivity index (χ0) is 21.6. The molecule has 1 aromatic carbocycles. The Balaban J connectivity index is 1.83. The molecule has 5 nitrogen and oxygen atoms in total. The van der Waals surface area contributed by atoms with Crippen molar-refractivity contribution in [3.8, 4) is 11.1 Å². The molecule has 3 aromatic rings. The van der Waals surface area contributed by atoms with Gasteiger partial charge in [0, 0.05) is 18.0 Å². The van der Waals surface area contributed by atoms with Gasteiger partial charge in [-0.25, -0.2) is 4.52 Å². The molecule has 1 fully saturated rings. The standard InChI is InChI=1S/C25H30N4O/c1-15-8-16(2)10-18(9-15)19-11-22-23(21(24(26)30)13-28-29(22)14-19)27-12-20-7-6-17(3)25(20,4)5/h8-14,17,20H,6-7H2,1-5H3,(H2,26,30). The third kappa shape index (κ3) is 3.53. The molecule has 156 valence electrons. The van der Waals surface area contributed by atoms with Gasteiger partial charge in [-0.1, -0.05) is 50.1 Å². The zero-order valence-electron chi connectivity index (χ0n) is 18.4. The SMILES string of the molecule is Cc1cc(C)cc(-c2cc3c(N=CC4CCC(C)C4(C)C)c(C(N)=O)cnn3c2)c1. The summed E-state index contributed by atoms with van der Waals surface area (Å²) in [6.07, 6.45) is 7.83. The van der Waals surface area contributed by atoms with Gasteiger partial charge in [-0.15, -0.1) is 0 Å². The summed E-state index contributed by atoms with van der Waals surface area (Å²) >= 11 is 0. The highest BCUT2D eigenvalue weighted by atomic mass is 16.1. The molecule has 2 heterocycles. The summed E-state index contributed by atoms with van der Waals surface area (Å²) in [5, 5.41) is 4.42. The van der Waals surface area contributed by atoms with E-state index in [-0.39, 0.29) is 5.41 Å². The predicted molar refractivity (Wildman–Crippen MR) is 122 cm³/mol. The highest BCUT2D eigenvalue weighted by Gasteiger charge is 2.39. The number of hydrogen-bond acceptors (Lipinski definition) is 3. The minimum atomic E-state index is -0.509. The maximum atomic E-state index is 12.1. The molecule has 4 rings (SSSR count). The summed E-state index contributed by atoms with van der Waals surface area (Å²) < 4.78 is 1.79. The van der Waals surface area contributed by atoms with E-state index in [1.807, 2.05) is 18.5 Å². The first-order valence-electron chi connectivity index (χ1n) is 10.6. The van der Waals surface area contributed by atoms with E-state index in [0.29, 0.717) is 23.1 Å². The van der Waals surface area contributed by atoms with Gasteiger partial charge < -0.3 is 5.73 Å². The molecule has 0 saturated heterocycles. The maximum Gasteiger partial charge on any atom is 0.252 e. The van der Waals surface area contributed by atoms with Gasteiger partial charge in [0.15, 0.2) is 0 Å². The molecule has 30 heavy (non-hydrogen) atoms. The summed E-state index contributed by atoms with van der Waals surface area (Å²) in [4.78, 5) is 16.9. The molecule has 1 aliphatic rings. The maximum absolute atomic E-state index is 12.1. The highest BCUT2D eigenvalue weighted by Crippen LogP contribution is 2.46. The number of aromatic nitrogens is 2. The number of carbonyl (C=O) groups is 1. The average Bonchev–Trinajstić information content (AvgIpc) is 3.20. The second kappa shape index (κ2) is 7.38. The van der Waals surface area contributed by atoms with Crippen LogP contribution in [0.2, 0.25) is 0 Å². The van der Waals surface area contributed by atoms with Crippen LogP contribution in [0.1, 0.15) is 55.1 Å². The number of nitrogens with two attached hydrogens (primary N) is 1. The Morgan fingerprint density at radius 3 is 2.47 bits per heavy atom. The number of aryl methyl sites for hydroxylation is 2. The topological polar surface area (TPSA) is 72.8 Å². The highest BCUT2D eigenvalue weighted by molar-refractivity contribution is 6.02. The van der Waals surface area contributed by atoms with Crippen molar-refractivity contribution in [3.63, 3.8) is 0 Å². The Hall–Kier alpha value is -2.95. The second-order valence-electron chi connectivity index (χ2n) is 9.39. The van der Waals surface area contributed by atoms with Crippen LogP contribution in [-0.2, 0) is 0 Å². The van der Waals surface area contributed by atoms with Gasteiger partial charge in [0.25, 0.3) is 5.91 Å². The monoisotopic (exact) mass is 402 g/mol. The van der Waals surface area contributed by atoms with Crippen molar-refractivity contribution >= 4 is 23.3 Å². The third-order valence-electron chi connectivity index (χ3n) is 6.95. The number of primary amides is 1. The Bertz CT molecular complexity index is 1140. The molecule has 2 unspecified atom stereocenters. The Labute approximate surface area is 178 Å². The lowest BCUT2D eigenvalue weighted by molar-refractivity contribution is 0.100. The number of benzene rings is 1. The van der Waals surface area contributed by atoms with E-state index in [0.717, 1.165) is 23.1 Å². The van der Waals surface area contributed by atoms with Gasteiger partial charge in [0.1, 0.15) is 5.69 Å². The molecule has 0 radical (unpaired) electrons. The first kappa shape index (κ1) is 20.3. The molecule has 1 amide bonds. The molecule has 2 atom stereocenters. The molecule has 1 saturated carbocycles. The van der Waals surface area contributed by atoms with E-state index < -0.39 is 5.91 Å². The summed E-state index contributed by atoms with van der Waals surface area (Å²) in [7, 11) is 0. The minimum Gasteiger partial charge on any atom is -0.365 e. The molecule has 0 aliphatic heterocycles. The smallest absolute Gasteiger partial charge is 0.252 e. The fourth-order valence-electron chi connectivity index (χ4n) is 4.63. The molecular weight excluding hydrogens is 372 g/mol. The third-order valence-corrected chi connectivity index (χ3v) is 6.95. The molecule has 0 bridgehead atoms. The van der Waals surface area contributed by atoms with E-state index in [4.69, 9.17) is 10.7 Å². The van der Waals surface area contributed by atoms with Crippen molar-refractivity contribution in [2.24, 2.45) is 28.0 Å². The molecule has 1 aliphatic carbocycles. The van der Waals surface area contributed by atoms with Crippen molar-refractivity contribution in [1.82, 2.24) is 9.61 Å². The molecule has 2 aromatic heterocycles. The Morgan fingerprint density at radius 1 is 1.17 bits per heavy atom. The van der Waals surface area contributed by atoms with E-state index >= 15 is 0 Å². The number of aliphatic imine (C=N–C) groups is 1. The second-order valence-corrected chi connectivity index (χ2v) is 9.39. The van der Waals surface area contributed by atoms with Crippen molar-refractivity contribution in [2.75, 3.05) is 0 Å². The summed E-state index contributed by atoms with van der Waals surface area (Å²) in [5.74, 6) is 0.507. The minimum absolute atomic E-state index is 0.186. The lowest BCUT2D eigenvalue weighted by atomic mass is 9.77. The fourth-order valence-corrected chi connectivity index (χ4v) is 4.63. The fraction of sp³-hybridized carbons (Fsp3) is 0.400. The Kier molecular flexibility index (Phi) is 5.00. The van der Waals surface area contributed by atoms with Gasteiger partial charge in [-0.3, -0.25) is 9.79 Å².